The largest absolute Gasteiger partial charge is 0.503 e. The topological polar surface area (TPSA) is 75.8 Å². The minimum absolute atomic E-state index is 0.0309. The number of ketones is 1. The molecule has 1 aliphatic carbocycles. The van der Waals surface area contributed by atoms with E-state index >= 15 is 0 Å². The lowest BCUT2D eigenvalue weighted by Gasteiger charge is -2.50. The minimum Gasteiger partial charge on any atom is -0.503 e. The number of carbonyl (C=O) groups excluding carboxylic acids is 1. The first-order chi connectivity index (χ1) is 10.1. The molecule has 4 rings (SSSR count). The molecule has 2 aliphatic heterocycles. The fourth-order valence-corrected chi connectivity index (χ4v) is 3.95. The molecule has 3 atom stereocenters. The van der Waals surface area contributed by atoms with Crippen molar-refractivity contribution < 1.29 is 14.6 Å². The van der Waals surface area contributed by atoms with Gasteiger partial charge in [0, 0.05) is 24.4 Å². The van der Waals surface area contributed by atoms with Gasteiger partial charge in [-0.3, -0.25) is 9.69 Å². The van der Waals surface area contributed by atoms with Gasteiger partial charge in [-0.05, 0) is 37.1 Å². The number of methoxy groups -OCH3 is 1. The zero-order valence-corrected chi connectivity index (χ0v) is 12.5. The van der Waals surface area contributed by atoms with Gasteiger partial charge in [-0.25, -0.2) is 0 Å². The summed E-state index contributed by atoms with van der Waals surface area (Å²) in [6.45, 7) is 3.03. The Morgan fingerprint density at radius 3 is 2.81 bits per heavy atom. The van der Waals surface area contributed by atoms with Crippen molar-refractivity contribution in [3.63, 3.8) is 0 Å². The van der Waals surface area contributed by atoms with Crippen LogP contribution in [0.2, 0.25) is 0 Å². The number of phenols is 1. The number of rotatable bonds is 3. The molecule has 5 nitrogen and oxygen atoms in total. The van der Waals surface area contributed by atoms with Crippen LogP contribution in [0.4, 0.5) is 5.69 Å². The Kier molecular flexibility index (Phi) is 3.53. The highest BCUT2D eigenvalue weighted by Crippen LogP contribution is 2.47. The number of ether oxygens (including phenoxy) is 1. The number of nitrogen functional groups attached to an aromatic ring is 1. The molecule has 3 fully saturated rings. The van der Waals surface area contributed by atoms with Crippen LogP contribution in [0, 0.1) is 5.92 Å². The maximum Gasteiger partial charge on any atom is 0.181 e. The van der Waals surface area contributed by atoms with E-state index < -0.39 is 0 Å². The van der Waals surface area contributed by atoms with Gasteiger partial charge in [0.2, 0.25) is 0 Å². The normalized spacial score (nSPS) is 28.9. The Balaban J connectivity index is 2.05. The van der Waals surface area contributed by atoms with Crippen LogP contribution < -0.4 is 10.5 Å². The van der Waals surface area contributed by atoms with Crippen molar-refractivity contribution in [2.45, 2.75) is 38.3 Å². The van der Waals surface area contributed by atoms with Gasteiger partial charge in [-0.1, -0.05) is 6.92 Å². The SMILES string of the molecule is CCN1C2CCC(C(=O)C2)C1c1cc(N)c(O)c(OC)c1. The molecule has 1 saturated carbocycles. The molecule has 2 saturated heterocycles. The van der Waals surface area contributed by atoms with Gasteiger partial charge < -0.3 is 15.6 Å². The van der Waals surface area contributed by atoms with Gasteiger partial charge in [0.1, 0.15) is 5.78 Å². The van der Waals surface area contributed by atoms with E-state index in [1.54, 1.807) is 6.07 Å². The third-order valence-corrected chi connectivity index (χ3v) is 4.92. The van der Waals surface area contributed by atoms with E-state index in [0.717, 1.165) is 24.9 Å². The summed E-state index contributed by atoms with van der Waals surface area (Å²) in [5, 5.41) is 9.90. The van der Waals surface area contributed by atoms with Crippen LogP contribution in [-0.4, -0.2) is 35.5 Å². The van der Waals surface area contributed by atoms with Crippen molar-refractivity contribution in [1.29, 1.82) is 0 Å². The molecule has 2 bridgehead atoms. The van der Waals surface area contributed by atoms with Crippen LogP contribution in [0.1, 0.15) is 37.8 Å². The van der Waals surface area contributed by atoms with E-state index in [1.807, 2.05) is 6.07 Å². The Bertz CT molecular complexity index is 573. The van der Waals surface area contributed by atoms with E-state index in [2.05, 4.69) is 11.8 Å². The van der Waals surface area contributed by atoms with Crippen LogP contribution in [-0.2, 0) is 4.79 Å². The number of aromatic hydroxyl groups is 1. The second kappa shape index (κ2) is 5.22. The molecule has 5 heteroatoms. The molecule has 21 heavy (non-hydrogen) atoms. The van der Waals surface area contributed by atoms with Gasteiger partial charge >= 0.3 is 0 Å². The summed E-state index contributed by atoms with van der Waals surface area (Å²) in [7, 11) is 1.51. The van der Waals surface area contributed by atoms with E-state index in [9.17, 15) is 9.90 Å². The number of carbonyl (C=O) groups is 1. The summed E-state index contributed by atoms with van der Waals surface area (Å²) in [5.74, 6) is 0.724. The summed E-state index contributed by atoms with van der Waals surface area (Å²) < 4.78 is 5.20. The Morgan fingerprint density at radius 1 is 1.43 bits per heavy atom. The van der Waals surface area contributed by atoms with Crippen molar-refractivity contribution in [3.05, 3.63) is 17.7 Å². The van der Waals surface area contributed by atoms with Gasteiger partial charge in [0.25, 0.3) is 0 Å². The lowest BCUT2D eigenvalue weighted by Crippen LogP contribution is -2.54. The van der Waals surface area contributed by atoms with Crippen molar-refractivity contribution in [2.75, 3.05) is 19.4 Å². The predicted molar refractivity (Wildman–Crippen MR) is 80.3 cm³/mol. The molecule has 3 N–H and O–H groups in total. The summed E-state index contributed by atoms with van der Waals surface area (Å²) in [4.78, 5) is 14.7. The van der Waals surface area contributed by atoms with Gasteiger partial charge in [-0.15, -0.1) is 0 Å². The van der Waals surface area contributed by atoms with Crippen LogP contribution in [0.25, 0.3) is 0 Å². The van der Waals surface area contributed by atoms with Crippen molar-refractivity contribution in [1.82, 2.24) is 4.90 Å². The molecule has 2 heterocycles. The van der Waals surface area contributed by atoms with E-state index in [-0.39, 0.29) is 17.7 Å². The highest BCUT2D eigenvalue weighted by Gasteiger charge is 2.46. The molecule has 0 aromatic heterocycles. The van der Waals surface area contributed by atoms with Crippen LogP contribution in [0.3, 0.4) is 0 Å². The zero-order chi connectivity index (χ0) is 15.1. The van der Waals surface area contributed by atoms with Gasteiger partial charge in [0.05, 0.1) is 12.8 Å². The number of fused-ring (bicyclic) bond motifs is 3. The molecule has 1 aromatic rings. The van der Waals surface area contributed by atoms with Crippen molar-refractivity contribution in [2.24, 2.45) is 5.92 Å². The number of nitrogens with two attached hydrogens (primary N) is 1. The standard InChI is InChI=1S/C16H22N2O3/c1-3-18-10-4-5-11(13(19)8-10)15(18)9-6-12(17)16(20)14(7-9)21-2/h6-7,10-11,15,20H,3-5,8,17H2,1-2H3. The maximum atomic E-state index is 12.3. The highest BCUT2D eigenvalue weighted by molar-refractivity contribution is 5.84. The first kappa shape index (κ1) is 14.2. The average molecular weight is 290 g/mol. The monoisotopic (exact) mass is 290 g/mol. The van der Waals surface area contributed by atoms with Gasteiger partial charge in [-0.2, -0.15) is 0 Å². The fourth-order valence-electron chi connectivity index (χ4n) is 3.95. The molecule has 3 unspecified atom stereocenters. The number of piperidine rings is 2. The molecular weight excluding hydrogens is 268 g/mol. The first-order valence-electron chi connectivity index (χ1n) is 7.51. The van der Waals surface area contributed by atoms with E-state index in [0.29, 0.717) is 29.7 Å². The number of hydrogen-bond donors (Lipinski definition) is 2. The molecule has 3 aliphatic rings. The summed E-state index contributed by atoms with van der Waals surface area (Å²) in [5.41, 5.74) is 7.15. The first-order valence-corrected chi connectivity index (χ1v) is 7.51. The number of hydrogen-bond acceptors (Lipinski definition) is 5. The van der Waals surface area contributed by atoms with E-state index in [1.165, 1.54) is 7.11 Å². The molecule has 1 aromatic carbocycles. The number of Topliss-reactive ketones (excluding diaryl/α,β-unsaturated/α-hetero) is 1. The number of nitrogens with zero attached hydrogens (tertiary/aromatic N) is 1. The second-order valence-electron chi connectivity index (χ2n) is 5.94. The quantitative estimate of drug-likeness (QED) is 0.658. The van der Waals surface area contributed by atoms with Crippen molar-refractivity contribution >= 4 is 11.5 Å². The minimum atomic E-state index is -0.0309. The van der Waals surface area contributed by atoms with Crippen LogP contribution in [0.5, 0.6) is 11.5 Å². The maximum absolute atomic E-state index is 12.3. The Labute approximate surface area is 124 Å². The Morgan fingerprint density at radius 2 is 2.19 bits per heavy atom. The average Bonchev–Trinajstić information content (AvgIpc) is 2.49. The predicted octanol–water partition coefficient (Wildman–Crippen LogP) is 2.10. The number of anilines is 1. The lowest BCUT2D eigenvalue weighted by atomic mass is 9.71. The molecule has 0 radical (unpaired) electrons. The summed E-state index contributed by atoms with van der Waals surface area (Å²) in [6.07, 6.45) is 2.69. The smallest absolute Gasteiger partial charge is 0.181 e. The van der Waals surface area contributed by atoms with Gasteiger partial charge in [0.15, 0.2) is 11.5 Å². The van der Waals surface area contributed by atoms with Crippen molar-refractivity contribution in [3.8, 4) is 11.5 Å². The lowest BCUT2D eigenvalue weighted by molar-refractivity contribution is -0.137. The zero-order valence-electron chi connectivity index (χ0n) is 12.5. The summed E-state index contributed by atoms with van der Waals surface area (Å²) in [6, 6.07) is 3.97. The molecule has 0 amide bonds. The van der Waals surface area contributed by atoms with E-state index in [4.69, 9.17) is 10.5 Å². The molecule has 114 valence electrons. The fraction of sp³-hybridized carbons (Fsp3) is 0.562. The third-order valence-electron chi connectivity index (χ3n) is 4.92. The second-order valence-corrected chi connectivity index (χ2v) is 5.94. The summed E-state index contributed by atoms with van der Waals surface area (Å²) >= 11 is 0. The highest BCUT2D eigenvalue weighted by atomic mass is 16.5. The molecular formula is C16H22N2O3. The third kappa shape index (κ3) is 2.16. The van der Waals surface area contributed by atoms with Crippen LogP contribution >= 0.6 is 0 Å². The van der Waals surface area contributed by atoms with Crippen LogP contribution in [0.15, 0.2) is 12.1 Å². The number of phenolic OH excluding ortho intramolecular Hbond substituents is 1. The molecule has 0 spiro atoms. The number of benzene rings is 1. The Hall–Kier alpha value is -1.75.